The van der Waals surface area contributed by atoms with Crippen molar-refractivity contribution in [1.82, 2.24) is 5.43 Å². The number of halogens is 1. The van der Waals surface area contributed by atoms with Gasteiger partial charge in [-0.25, -0.2) is 12.8 Å². The van der Waals surface area contributed by atoms with Crippen LogP contribution in [0.5, 0.6) is 0 Å². The van der Waals surface area contributed by atoms with Crippen LogP contribution in [0.1, 0.15) is 25.3 Å². The largest absolute Gasteiger partial charge is 0.271 e. The van der Waals surface area contributed by atoms with Crippen LogP contribution in [0.15, 0.2) is 24.3 Å². The molecule has 6 heteroatoms. The topological polar surface area (TPSA) is 72.2 Å². The molecule has 1 rings (SSSR count). The molecule has 0 amide bonds. The lowest BCUT2D eigenvalue weighted by Gasteiger charge is -2.15. The predicted molar refractivity (Wildman–Crippen MR) is 74.8 cm³/mol. The number of rotatable bonds is 8. The van der Waals surface area contributed by atoms with E-state index in [2.05, 4.69) is 5.43 Å². The highest BCUT2D eigenvalue weighted by Gasteiger charge is 2.11. The molecule has 0 radical (unpaired) electrons. The molecular formula is C13H21FN2O2S. The molecule has 0 bridgehead atoms. The van der Waals surface area contributed by atoms with E-state index in [9.17, 15) is 12.8 Å². The summed E-state index contributed by atoms with van der Waals surface area (Å²) in [5, 5.41) is 0. The third-order valence-corrected chi connectivity index (χ3v) is 4.87. The molecule has 3 N–H and O–H groups in total. The zero-order chi connectivity index (χ0) is 14.3. The summed E-state index contributed by atoms with van der Waals surface area (Å²) in [5.41, 5.74) is 3.66. The molecule has 0 aliphatic heterocycles. The van der Waals surface area contributed by atoms with Crippen LogP contribution >= 0.6 is 0 Å². The summed E-state index contributed by atoms with van der Waals surface area (Å²) in [5.74, 6) is 5.55. The molecule has 1 unspecified atom stereocenters. The number of hydrogen-bond donors (Lipinski definition) is 2. The molecule has 4 nitrogen and oxygen atoms in total. The Kier molecular flexibility index (Phi) is 6.41. The Balaban J connectivity index is 2.44. The maximum atomic E-state index is 12.8. The van der Waals surface area contributed by atoms with E-state index in [1.165, 1.54) is 12.1 Å². The van der Waals surface area contributed by atoms with E-state index < -0.39 is 9.84 Å². The zero-order valence-corrected chi connectivity index (χ0v) is 11.9. The van der Waals surface area contributed by atoms with E-state index in [0.717, 1.165) is 5.56 Å². The van der Waals surface area contributed by atoms with Crippen LogP contribution in [0.3, 0.4) is 0 Å². The smallest absolute Gasteiger partial charge is 0.150 e. The van der Waals surface area contributed by atoms with Gasteiger partial charge in [-0.05, 0) is 37.0 Å². The van der Waals surface area contributed by atoms with Gasteiger partial charge in [0, 0.05) is 11.8 Å². The maximum Gasteiger partial charge on any atom is 0.150 e. The van der Waals surface area contributed by atoms with E-state index in [4.69, 9.17) is 5.84 Å². The molecule has 0 aliphatic rings. The second kappa shape index (κ2) is 7.57. The quantitative estimate of drug-likeness (QED) is 0.560. The second-order valence-electron chi connectivity index (χ2n) is 4.57. The molecule has 0 aliphatic carbocycles. The van der Waals surface area contributed by atoms with Gasteiger partial charge in [0.2, 0.25) is 0 Å². The summed E-state index contributed by atoms with van der Waals surface area (Å²) >= 11 is 0. The number of sulfone groups is 1. The van der Waals surface area contributed by atoms with E-state index >= 15 is 0 Å². The molecule has 0 saturated heterocycles. The fourth-order valence-electron chi connectivity index (χ4n) is 1.84. The summed E-state index contributed by atoms with van der Waals surface area (Å²) in [6.07, 6.45) is 1.91. The van der Waals surface area contributed by atoms with Crippen LogP contribution in [-0.2, 0) is 16.3 Å². The summed E-state index contributed by atoms with van der Waals surface area (Å²) in [6, 6.07) is 6.23. The van der Waals surface area contributed by atoms with Crippen LogP contribution in [-0.4, -0.2) is 26.0 Å². The van der Waals surface area contributed by atoms with Crippen molar-refractivity contribution < 1.29 is 12.8 Å². The first-order valence-electron chi connectivity index (χ1n) is 6.38. The van der Waals surface area contributed by atoms with Gasteiger partial charge in [0.05, 0.1) is 5.75 Å². The van der Waals surface area contributed by atoms with Crippen molar-refractivity contribution in [3.63, 3.8) is 0 Å². The zero-order valence-electron chi connectivity index (χ0n) is 11.1. The van der Waals surface area contributed by atoms with Crippen molar-refractivity contribution in [2.45, 2.75) is 32.2 Å². The SMILES string of the molecule is CCS(=O)(=O)CCCC(Cc1ccc(F)cc1)NN. The number of hydrazine groups is 1. The van der Waals surface area contributed by atoms with Crippen LogP contribution in [0.2, 0.25) is 0 Å². The minimum atomic E-state index is -2.92. The Morgan fingerprint density at radius 2 is 1.95 bits per heavy atom. The summed E-state index contributed by atoms with van der Waals surface area (Å²) < 4.78 is 35.5. The van der Waals surface area contributed by atoms with E-state index in [1.54, 1.807) is 19.1 Å². The van der Waals surface area contributed by atoms with Gasteiger partial charge in [-0.1, -0.05) is 19.1 Å². The van der Waals surface area contributed by atoms with Gasteiger partial charge in [-0.2, -0.15) is 0 Å². The summed E-state index contributed by atoms with van der Waals surface area (Å²) in [6.45, 7) is 1.65. The van der Waals surface area contributed by atoms with Crippen LogP contribution in [0.4, 0.5) is 4.39 Å². The highest BCUT2D eigenvalue weighted by Crippen LogP contribution is 2.09. The third-order valence-electron chi connectivity index (χ3n) is 3.08. The molecule has 1 atom stereocenters. The minimum absolute atomic E-state index is 0.00230. The molecule has 0 fully saturated rings. The van der Waals surface area contributed by atoms with Gasteiger partial charge in [0.15, 0.2) is 0 Å². The van der Waals surface area contributed by atoms with Crippen molar-refractivity contribution in [3.05, 3.63) is 35.6 Å². The molecule has 0 spiro atoms. The highest BCUT2D eigenvalue weighted by atomic mass is 32.2. The Hall–Kier alpha value is -0.980. The molecular weight excluding hydrogens is 267 g/mol. The Morgan fingerprint density at radius 1 is 1.32 bits per heavy atom. The van der Waals surface area contributed by atoms with Crippen molar-refractivity contribution in [3.8, 4) is 0 Å². The maximum absolute atomic E-state index is 12.8. The minimum Gasteiger partial charge on any atom is -0.271 e. The molecule has 108 valence electrons. The van der Waals surface area contributed by atoms with E-state index in [-0.39, 0.29) is 23.4 Å². The van der Waals surface area contributed by atoms with Crippen molar-refractivity contribution >= 4 is 9.84 Å². The lowest BCUT2D eigenvalue weighted by molar-refractivity contribution is 0.484. The van der Waals surface area contributed by atoms with Crippen LogP contribution < -0.4 is 11.3 Å². The van der Waals surface area contributed by atoms with Gasteiger partial charge in [0.25, 0.3) is 0 Å². The third kappa shape index (κ3) is 6.13. The van der Waals surface area contributed by atoms with Crippen molar-refractivity contribution in [1.29, 1.82) is 0 Å². The van der Waals surface area contributed by atoms with Gasteiger partial charge in [-0.15, -0.1) is 0 Å². The number of hydrogen-bond acceptors (Lipinski definition) is 4. The van der Waals surface area contributed by atoms with E-state index in [0.29, 0.717) is 19.3 Å². The normalized spacial score (nSPS) is 13.4. The standard InChI is InChI=1S/C13H21FN2O2S/c1-2-19(17,18)9-3-4-13(16-15)10-11-5-7-12(14)8-6-11/h5-8,13,16H,2-4,9-10,15H2,1H3. The molecule has 1 aromatic carbocycles. The molecule has 0 aromatic heterocycles. The average molecular weight is 288 g/mol. The molecule has 0 heterocycles. The summed E-state index contributed by atoms with van der Waals surface area (Å²) in [4.78, 5) is 0. The lowest BCUT2D eigenvalue weighted by Crippen LogP contribution is -2.37. The number of benzene rings is 1. The second-order valence-corrected chi connectivity index (χ2v) is 7.05. The Bertz CT molecular complexity index is 474. The average Bonchev–Trinajstić information content (AvgIpc) is 2.40. The Labute approximate surface area is 114 Å². The molecule has 0 saturated carbocycles. The first kappa shape index (κ1) is 16.1. The summed E-state index contributed by atoms with van der Waals surface area (Å²) in [7, 11) is -2.92. The number of nitrogens with two attached hydrogens (primary N) is 1. The first-order valence-corrected chi connectivity index (χ1v) is 8.20. The van der Waals surface area contributed by atoms with Gasteiger partial charge < -0.3 is 0 Å². The van der Waals surface area contributed by atoms with Crippen LogP contribution in [0.25, 0.3) is 0 Å². The van der Waals surface area contributed by atoms with Crippen molar-refractivity contribution in [2.24, 2.45) is 5.84 Å². The highest BCUT2D eigenvalue weighted by molar-refractivity contribution is 7.91. The Morgan fingerprint density at radius 3 is 2.47 bits per heavy atom. The van der Waals surface area contributed by atoms with Crippen LogP contribution in [0, 0.1) is 5.82 Å². The van der Waals surface area contributed by atoms with Crippen molar-refractivity contribution in [2.75, 3.05) is 11.5 Å². The van der Waals surface area contributed by atoms with Gasteiger partial charge in [-0.3, -0.25) is 11.3 Å². The van der Waals surface area contributed by atoms with Gasteiger partial charge in [0.1, 0.15) is 15.7 Å². The first-order chi connectivity index (χ1) is 8.96. The predicted octanol–water partition coefficient (Wildman–Crippen LogP) is 1.42. The lowest BCUT2D eigenvalue weighted by atomic mass is 10.0. The van der Waals surface area contributed by atoms with E-state index in [1.807, 2.05) is 0 Å². The van der Waals surface area contributed by atoms with Gasteiger partial charge >= 0.3 is 0 Å². The number of nitrogens with one attached hydrogen (secondary N) is 1. The fraction of sp³-hybridized carbons (Fsp3) is 0.538. The fourth-order valence-corrected chi connectivity index (χ4v) is 2.74. The molecule has 1 aromatic rings. The molecule has 19 heavy (non-hydrogen) atoms. The monoisotopic (exact) mass is 288 g/mol.